The molecule has 7 heteroatoms. The van der Waals surface area contributed by atoms with Crippen molar-refractivity contribution in [1.29, 1.82) is 0 Å². The maximum absolute atomic E-state index is 12.7. The van der Waals surface area contributed by atoms with E-state index in [-0.39, 0.29) is 23.4 Å². The summed E-state index contributed by atoms with van der Waals surface area (Å²) in [5, 5.41) is 7.65. The molecule has 2 rings (SSSR count). The molecule has 0 radical (unpaired) electrons. The Balaban J connectivity index is 2.45. The van der Waals surface area contributed by atoms with Crippen LogP contribution >= 0.6 is 0 Å². The van der Waals surface area contributed by atoms with E-state index in [0.29, 0.717) is 11.1 Å². The molecule has 6 nitrogen and oxygen atoms in total. The normalized spacial score (nSPS) is 10.5. The number of ether oxygens (including phenoxy) is 2. The molecule has 0 saturated heterocycles. The predicted molar refractivity (Wildman–Crippen MR) is 93.0 cm³/mol. The first kappa shape index (κ1) is 17.6. The lowest BCUT2D eigenvalue weighted by Gasteiger charge is -2.07. The summed E-state index contributed by atoms with van der Waals surface area (Å²) >= 11 is 0. The van der Waals surface area contributed by atoms with Crippen molar-refractivity contribution in [3.8, 4) is 23.2 Å². The summed E-state index contributed by atoms with van der Waals surface area (Å²) in [6.45, 7) is 6.43. The molecule has 0 aliphatic carbocycles. The van der Waals surface area contributed by atoms with Gasteiger partial charge in [0.25, 0.3) is 11.8 Å². The zero-order valence-corrected chi connectivity index (χ0v) is 15.4. The fraction of sp³-hybridized carbons (Fsp3) is 0.294. The number of methoxy groups -OCH3 is 2. The number of carbonyl (C=O) groups excluding carboxylic acids is 1. The first-order chi connectivity index (χ1) is 11.4. The van der Waals surface area contributed by atoms with Gasteiger partial charge in [0.2, 0.25) is 11.6 Å². The number of benzene rings is 1. The maximum atomic E-state index is 12.7. The number of nitrogens with zero attached hydrogens (tertiary/aromatic N) is 3. The largest absolute Gasteiger partial charge is 0.477 e. The Bertz CT molecular complexity index is 820. The summed E-state index contributed by atoms with van der Waals surface area (Å²) in [6.07, 6.45) is 0. The molecule has 0 unspecified atom stereocenters. The van der Waals surface area contributed by atoms with E-state index in [1.807, 2.05) is 12.1 Å². The first-order valence-corrected chi connectivity index (χ1v) is 10.9. The third kappa shape index (κ3) is 4.17. The number of ketones is 1. The quantitative estimate of drug-likeness (QED) is 0.483. The van der Waals surface area contributed by atoms with E-state index in [9.17, 15) is 4.79 Å². The number of hydrogen-bond donors (Lipinski definition) is 0. The molecule has 0 saturated carbocycles. The lowest BCUT2D eigenvalue weighted by Crippen LogP contribution is -2.16. The highest BCUT2D eigenvalue weighted by atomic mass is 28.3. The van der Waals surface area contributed by atoms with Gasteiger partial charge >= 0.3 is 0 Å². The second-order valence-corrected chi connectivity index (χ2v) is 10.8. The Morgan fingerprint density at radius 3 is 2.33 bits per heavy atom. The maximum Gasteiger partial charge on any atom is 0.296 e. The summed E-state index contributed by atoms with van der Waals surface area (Å²) in [5.41, 5.74) is 4.36. The SMILES string of the molecule is COc1nnc(C(=O)c2ccccc2C#C[Si](C)(C)C)nc1OC. The highest BCUT2D eigenvalue weighted by Gasteiger charge is 2.19. The minimum absolute atomic E-state index is 0.0603. The number of aromatic nitrogens is 3. The second kappa shape index (κ2) is 7.23. The van der Waals surface area contributed by atoms with Crippen molar-refractivity contribution in [3.63, 3.8) is 0 Å². The van der Waals surface area contributed by atoms with E-state index in [0.717, 1.165) is 0 Å². The number of hydrogen-bond acceptors (Lipinski definition) is 6. The molecule has 124 valence electrons. The van der Waals surface area contributed by atoms with Crippen LogP contribution in [0.5, 0.6) is 11.8 Å². The van der Waals surface area contributed by atoms with Gasteiger partial charge in [0, 0.05) is 11.1 Å². The molecule has 1 aromatic carbocycles. The van der Waals surface area contributed by atoms with E-state index < -0.39 is 8.07 Å². The van der Waals surface area contributed by atoms with Gasteiger partial charge in [-0.3, -0.25) is 4.79 Å². The van der Waals surface area contributed by atoms with Crippen LogP contribution < -0.4 is 9.47 Å². The third-order valence-corrected chi connectivity index (χ3v) is 3.83. The van der Waals surface area contributed by atoms with E-state index in [4.69, 9.17) is 9.47 Å². The molecular formula is C17H19N3O3Si. The van der Waals surface area contributed by atoms with Gasteiger partial charge in [0.1, 0.15) is 8.07 Å². The standard InChI is InChI=1S/C17H19N3O3Si/c1-22-16-17(23-2)20-19-15(18-16)14(21)13-9-7-6-8-12(13)10-11-24(3,4)5/h6-9H,1-5H3. The van der Waals surface area contributed by atoms with Crippen LogP contribution in [0.3, 0.4) is 0 Å². The zero-order chi connectivity index (χ0) is 17.7. The van der Waals surface area contributed by atoms with E-state index in [1.54, 1.807) is 12.1 Å². The molecule has 0 bridgehead atoms. The molecule has 0 amide bonds. The average Bonchev–Trinajstić information content (AvgIpc) is 2.58. The second-order valence-electron chi connectivity index (χ2n) is 6.03. The van der Waals surface area contributed by atoms with Crippen molar-refractivity contribution in [2.45, 2.75) is 19.6 Å². The van der Waals surface area contributed by atoms with Crippen LogP contribution in [0.1, 0.15) is 21.7 Å². The van der Waals surface area contributed by atoms with Crippen LogP contribution in [0.25, 0.3) is 0 Å². The van der Waals surface area contributed by atoms with Gasteiger partial charge in [0.05, 0.1) is 14.2 Å². The molecular weight excluding hydrogens is 322 g/mol. The first-order valence-electron chi connectivity index (χ1n) is 7.35. The van der Waals surface area contributed by atoms with Crippen LogP contribution in [0.2, 0.25) is 19.6 Å². The lowest BCUT2D eigenvalue weighted by atomic mass is 10.0. The van der Waals surface area contributed by atoms with Gasteiger partial charge in [-0.1, -0.05) is 37.7 Å². The van der Waals surface area contributed by atoms with Crippen molar-refractivity contribution in [2.75, 3.05) is 14.2 Å². The van der Waals surface area contributed by atoms with Crippen molar-refractivity contribution in [2.24, 2.45) is 0 Å². The Morgan fingerprint density at radius 1 is 1.04 bits per heavy atom. The molecule has 0 N–H and O–H groups in total. The molecule has 0 aliphatic rings. The Hall–Kier alpha value is -2.72. The monoisotopic (exact) mass is 341 g/mol. The van der Waals surface area contributed by atoms with Crippen LogP contribution in [0.15, 0.2) is 24.3 Å². The van der Waals surface area contributed by atoms with Crippen LogP contribution in [0.4, 0.5) is 0 Å². The van der Waals surface area contributed by atoms with Gasteiger partial charge in [-0.15, -0.1) is 15.7 Å². The van der Waals surface area contributed by atoms with Gasteiger partial charge in [-0.2, -0.15) is 4.98 Å². The van der Waals surface area contributed by atoms with Gasteiger partial charge in [-0.25, -0.2) is 0 Å². The third-order valence-electron chi connectivity index (χ3n) is 2.96. The zero-order valence-electron chi connectivity index (χ0n) is 14.4. The number of rotatable bonds is 4. The molecule has 1 heterocycles. The average molecular weight is 341 g/mol. The Kier molecular flexibility index (Phi) is 5.31. The topological polar surface area (TPSA) is 74.2 Å². The minimum atomic E-state index is -1.56. The summed E-state index contributed by atoms with van der Waals surface area (Å²) in [7, 11) is 1.30. The molecule has 1 aromatic heterocycles. The van der Waals surface area contributed by atoms with E-state index >= 15 is 0 Å². The number of carbonyl (C=O) groups is 1. The summed E-state index contributed by atoms with van der Waals surface area (Å²) in [5.74, 6) is 2.93. The van der Waals surface area contributed by atoms with Crippen LogP contribution in [-0.4, -0.2) is 43.3 Å². The molecule has 0 atom stereocenters. The summed E-state index contributed by atoms with van der Waals surface area (Å²) in [6, 6.07) is 7.14. The summed E-state index contributed by atoms with van der Waals surface area (Å²) < 4.78 is 10.1. The Labute approximate surface area is 142 Å². The fourth-order valence-corrected chi connectivity index (χ4v) is 2.33. The van der Waals surface area contributed by atoms with Crippen LogP contribution in [-0.2, 0) is 0 Å². The smallest absolute Gasteiger partial charge is 0.296 e. The molecule has 24 heavy (non-hydrogen) atoms. The van der Waals surface area contributed by atoms with E-state index in [2.05, 4.69) is 46.3 Å². The van der Waals surface area contributed by atoms with Crippen molar-refractivity contribution in [3.05, 3.63) is 41.2 Å². The van der Waals surface area contributed by atoms with Crippen molar-refractivity contribution >= 4 is 13.9 Å². The van der Waals surface area contributed by atoms with Gasteiger partial charge in [0.15, 0.2) is 0 Å². The molecule has 2 aromatic rings. The minimum Gasteiger partial charge on any atom is -0.477 e. The Morgan fingerprint density at radius 2 is 1.71 bits per heavy atom. The molecule has 0 aliphatic heterocycles. The van der Waals surface area contributed by atoms with E-state index in [1.165, 1.54) is 14.2 Å². The van der Waals surface area contributed by atoms with Crippen molar-refractivity contribution < 1.29 is 14.3 Å². The highest BCUT2D eigenvalue weighted by Crippen LogP contribution is 2.20. The van der Waals surface area contributed by atoms with Crippen molar-refractivity contribution in [1.82, 2.24) is 15.2 Å². The molecule has 0 fully saturated rings. The molecule has 0 spiro atoms. The fourth-order valence-electron chi connectivity index (χ4n) is 1.82. The van der Waals surface area contributed by atoms with Crippen LogP contribution in [0, 0.1) is 11.5 Å². The predicted octanol–water partition coefficient (Wildman–Crippen LogP) is 2.35. The van der Waals surface area contributed by atoms with Gasteiger partial charge < -0.3 is 9.47 Å². The highest BCUT2D eigenvalue weighted by molar-refractivity contribution is 6.83. The summed E-state index contributed by atoms with van der Waals surface area (Å²) in [4.78, 5) is 16.8. The van der Waals surface area contributed by atoms with Gasteiger partial charge in [-0.05, 0) is 12.1 Å². The lowest BCUT2D eigenvalue weighted by molar-refractivity contribution is 0.102.